The quantitative estimate of drug-likeness (QED) is 0.498. The van der Waals surface area contributed by atoms with Crippen molar-refractivity contribution < 1.29 is 14.0 Å². The van der Waals surface area contributed by atoms with Gasteiger partial charge in [-0.2, -0.15) is 0 Å². The summed E-state index contributed by atoms with van der Waals surface area (Å²) in [6.45, 7) is 1.92. The van der Waals surface area contributed by atoms with Crippen LogP contribution in [0, 0.1) is 0 Å². The molecule has 5 nitrogen and oxygen atoms in total. The molecule has 144 valence electrons. The molecule has 4 rings (SSSR count). The number of carbonyl (C=O) groups excluding carboxylic acids is 2. The Morgan fingerprint density at radius 1 is 0.828 bits per heavy atom. The molecule has 0 aliphatic carbocycles. The molecule has 1 heterocycles. The Bertz CT molecular complexity index is 1130. The normalized spacial score (nSPS) is 11.8. The van der Waals surface area contributed by atoms with E-state index in [9.17, 15) is 9.59 Å². The van der Waals surface area contributed by atoms with E-state index in [0.717, 1.165) is 10.9 Å². The number of furan rings is 1. The molecule has 0 bridgehead atoms. The zero-order chi connectivity index (χ0) is 20.2. The van der Waals surface area contributed by atoms with Gasteiger partial charge in [-0.15, -0.1) is 0 Å². The highest BCUT2D eigenvalue weighted by molar-refractivity contribution is 6.09. The fraction of sp³-hybridized carbons (Fsp3) is 0.0833. The predicted octanol–water partition coefficient (Wildman–Crippen LogP) is 5.18. The number of rotatable bonds is 5. The minimum absolute atomic E-state index is 0.164. The van der Waals surface area contributed by atoms with Gasteiger partial charge in [-0.05, 0) is 36.8 Å². The van der Waals surface area contributed by atoms with Crippen LogP contribution in [0.5, 0.6) is 0 Å². The maximum atomic E-state index is 12.8. The molecule has 2 N–H and O–H groups in total. The van der Waals surface area contributed by atoms with Crippen LogP contribution in [0.3, 0.4) is 0 Å². The van der Waals surface area contributed by atoms with Gasteiger partial charge in [0.25, 0.3) is 11.8 Å². The molecule has 0 saturated heterocycles. The lowest BCUT2D eigenvalue weighted by Crippen LogP contribution is -2.28. The van der Waals surface area contributed by atoms with Crippen molar-refractivity contribution in [3.05, 3.63) is 102 Å². The summed E-state index contributed by atoms with van der Waals surface area (Å²) in [5, 5.41) is 6.61. The van der Waals surface area contributed by atoms with E-state index in [1.807, 2.05) is 55.5 Å². The molecule has 1 atom stereocenters. The van der Waals surface area contributed by atoms with Crippen molar-refractivity contribution in [1.29, 1.82) is 0 Å². The van der Waals surface area contributed by atoms with Crippen molar-refractivity contribution >= 4 is 28.5 Å². The second-order valence-electron chi connectivity index (χ2n) is 6.75. The van der Waals surface area contributed by atoms with Crippen LogP contribution >= 0.6 is 0 Å². The van der Waals surface area contributed by atoms with Crippen molar-refractivity contribution in [2.75, 3.05) is 5.32 Å². The van der Waals surface area contributed by atoms with E-state index >= 15 is 0 Å². The van der Waals surface area contributed by atoms with Gasteiger partial charge in [0.15, 0.2) is 5.76 Å². The summed E-state index contributed by atoms with van der Waals surface area (Å²) in [5.41, 5.74) is 2.46. The highest BCUT2D eigenvalue weighted by Crippen LogP contribution is 2.22. The smallest absolute Gasteiger partial charge is 0.291 e. The van der Waals surface area contributed by atoms with Crippen molar-refractivity contribution in [3.8, 4) is 0 Å². The maximum Gasteiger partial charge on any atom is 0.291 e. The van der Waals surface area contributed by atoms with E-state index in [1.165, 1.54) is 0 Å². The van der Waals surface area contributed by atoms with Gasteiger partial charge in [0.1, 0.15) is 5.58 Å². The molecule has 0 radical (unpaired) electrons. The SMILES string of the molecule is CC(NC(=O)c1ccccc1NC(=O)c1cc2ccccc2o1)c1ccccc1. The maximum absolute atomic E-state index is 12.8. The van der Waals surface area contributed by atoms with Crippen LogP contribution in [0.1, 0.15) is 39.4 Å². The molecule has 0 spiro atoms. The van der Waals surface area contributed by atoms with E-state index in [2.05, 4.69) is 10.6 Å². The number of anilines is 1. The summed E-state index contributed by atoms with van der Waals surface area (Å²) >= 11 is 0. The number of amides is 2. The van der Waals surface area contributed by atoms with Crippen molar-refractivity contribution in [1.82, 2.24) is 5.32 Å². The molecular formula is C24H20N2O3. The zero-order valence-corrected chi connectivity index (χ0v) is 15.9. The first kappa shape index (κ1) is 18.5. The van der Waals surface area contributed by atoms with Crippen LogP contribution in [-0.4, -0.2) is 11.8 Å². The Kier molecular flexibility index (Phi) is 5.12. The second kappa shape index (κ2) is 8.02. The Balaban J connectivity index is 1.53. The minimum atomic E-state index is -0.405. The van der Waals surface area contributed by atoms with Crippen LogP contribution in [0.25, 0.3) is 11.0 Å². The number of nitrogens with one attached hydrogen (secondary N) is 2. The summed E-state index contributed by atoms with van der Waals surface area (Å²) in [4.78, 5) is 25.5. The van der Waals surface area contributed by atoms with Gasteiger partial charge < -0.3 is 15.1 Å². The number of hydrogen-bond acceptors (Lipinski definition) is 3. The molecule has 0 aliphatic rings. The molecule has 0 aliphatic heterocycles. The first-order valence-electron chi connectivity index (χ1n) is 9.36. The Morgan fingerprint density at radius 2 is 1.52 bits per heavy atom. The number of fused-ring (bicyclic) bond motifs is 1. The highest BCUT2D eigenvalue weighted by Gasteiger charge is 2.18. The first-order valence-corrected chi connectivity index (χ1v) is 9.36. The summed E-state index contributed by atoms with van der Waals surface area (Å²) in [6.07, 6.45) is 0. The lowest BCUT2D eigenvalue weighted by atomic mass is 10.1. The molecular weight excluding hydrogens is 364 g/mol. The molecule has 0 saturated carbocycles. The summed E-state index contributed by atoms with van der Waals surface area (Å²) in [6, 6.07) is 25.6. The highest BCUT2D eigenvalue weighted by atomic mass is 16.3. The molecule has 5 heteroatoms. The Hall–Kier alpha value is -3.86. The van der Waals surface area contributed by atoms with Gasteiger partial charge in [0.05, 0.1) is 17.3 Å². The van der Waals surface area contributed by atoms with Gasteiger partial charge in [-0.3, -0.25) is 9.59 Å². The van der Waals surface area contributed by atoms with Crippen molar-refractivity contribution in [2.45, 2.75) is 13.0 Å². The Morgan fingerprint density at radius 3 is 2.31 bits per heavy atom. The molecule has 3 aromatic carbocycles. The summed E-state index contributed by atoms with van der Waals surface area (Å²) in [7, 11) is 0. The van der Waals surface area contributed by atoms with Crippen LogP contribution in [0.2, 0.25) is 0 Å². The van der Waals surface area contributed by atoms with E-state index in [-0.39, 0.29) is 17.7 Å². The first-order chi connectivity index (χ1) is 14.1. The third-order valence-electron chi connectivity index (χ3n) is 4.72. The van der Waals surface area contributed by atoms with Crippen molar-refractivity contribution in [3.63, 3.8) is 0 Å². The van der Waals surface area contributed by atoms with Crippen LogP contribution in [0.15, 0.2) is 89.3 Å². The van der Waals surface area contributed by atoms with E-state index in [0.29, 0.717) is 16.8 Å². The number of para-hydroxylation sites is 2. The molecule has 1 unspecified atom stereocenters. The topological polar surface area (TPSA) is 71.3 Å². The average Bonchev–Trinajstić information content (AvgIpc) is 3.19. The van der Waals surface area contributed by atoms with Gasteiger partial charge >= 0.3 is 0 Å². The summed E-state index contributed by atoms with van der Waals surface area (Å²) < 4.78 is 5.61. The van der Waals surface area contributed by atoms with Gasteiger partial charge in [0, 0.05) is 5.39 Å². The third kappa shape index (κ3) is 4.04. The molecule has 29 heavy (non-hydrogen) atoms. The third-order valence-corrected chi connectivity index (χ3v) is 4.72. The zero-order valence-electron chi connectivity index (χ0n) is 15.9. The molecule has 1 aromatic heterocycles. The lowest BCUT2D eigenvalue weighted by molar-refractivity contribution is 0.0940. The summed E-state index contributed by atoms with van der Waals surface area (Å²) in [5.74, 6) is -0.474. The molecule has 2 amide bonds. The monoisotopic (exact) mass is 384 g/mol. The predicted molar refractivity (Wildman–Crippen MR) is 113 cm³/mol. The van der Waals surface area contributed by atoms with E-state index in [1.54, 1.807) is 36.4 Å². The number of hydrogen-bond donors (Lipinski definition) is 2. The second-order valence-corrected chi connectivity index (χ2v) is 6.75. The molecule has 0 fully saturated rings. The van der Waals surface area contributed by atoms with E-state index in [4.69, 9.17) is 4.42 Å². The largest absolute Gasteiger partial charge is 0.451 e. The average molecular weight is 384 g/mol. The fourth-order valence-corrected chi connectivity index (χ4v) is 3.17. The fourth-order valence-electron chi connectivity index (χ4n) is 3.17. The van der Waals surface area contributed by atoms with Crippen LogP contribution in [0.4, 0.5) is 5.69 Å². The van der Waals surface area contributed by atoms with Gasteiger partial charge in [0.2, 0.25) is 0 Å². The molecule has 4 aromatic rings. The number of benzene rings is 3. The van der Waals surface area contributed by atoms with Gasteiger partial charge in [-0.25, -0.2) is 0 Å². The standard InChI is InChI=1S/C24H20N2O3/c1-16(17-9-3-2-4-10-17)25-23(27)19-12-6-7-13-20(19)26-24(28)22-15-18-11-5-8-14-21(18)29-22/h2-16H,1H3,(H,25,27)(H,26,28). The number of carbonyl (C=O) groups is 2. The van der Waals surface area contributed by atoms with Crippen LogP contribution in [-0.2, 0) is 0 Å². The minimum Gasteiger partial charge on any atom is -0.451 e. The lowest BCUT2D eigenvalue weighted by Gasteiger charge is -2.16. The van der Waals surface area contributed by atoms with Crippen LogP contribution < -0.4 is 10.6 Å². The van der Waals surface area contributed by atoms with Crippen molar-refractivity contribution in [2.24, 2.45) is 0 Å². The Labute approximate surface area is 168 Å². The van der Waals surface area contributed by atoms with E-state index < -0.39 is 5.91 Å². The van der Waals surface area contributed by atoms with Gasteiger partial charge in [-0.1, -0.05) is 60.7 Å².